The van der Waals surface area contributed by atoms with Gasteiger partial charge in [-0.1, -0.05) is 6.07 Å². The van der Waals surface area contributed by atoms with E-state index in [1.54, 1.807) is 12.1 Å². The number of aromatic amines is 1. The fraction of sp³-hybridized carbons (Fsp3) is 0.368. The first-order valence-corrected chi connectivity index (χ1v) is 9.76. The maximum absolute atomic E-state index is 13.8. The summed E-state index contributed by atoms with van der Waals surface area (Å²) in [6.45, 7) is 6.59. The Kier molecular flexibility index (Phi) is 4.94. The lowest BCUT2D eigenvalue weighted by atomic mass is 10.2. The Morgan fingerprint density at radius 1 is 1.41 bits per heavy atom. The van der Waals surface area contributed by atoms with Crippen molar-refractivity contribution in [1.29, 1.82) is 0 Å². The second-order valence-electron chi connectivity index (χ2n) is 6.93. The van der Waals surface area contributed by atoms with Crippen molar-refractivity contribution in [3.05, 3.63) is 46.9 Å². The summed E-state index contributed by atoms with van der Waals surface area (Å²) in [4.78, 5) is 22.2. The molecule has 2 unspecified atom stereocenters. The van der Waals surface area contributed by atoms with E-state index in [0.29, 0.717) is 21.7 Å². The second kappa shape index (κ2) is 7.38. The number of aromatic nitrogens is 2. The van der Waals surface area contributed by atoms with Crippen molar-refractivity contribution in [3.63, 3.8) is 0 Å². The van der Waals surface area contributed by atoms with Crippen LogP contribution in [0.2, 0.25) is 0 Å². The van der Waals surface area contributed by atoms with E-state index in [4.69, 9.17) is 4.74 Å². The van der Waals surface area contributed by atoms with Crippen LogP contribution in [0.5, 0.6) is 0 Å². The van der Waals surface area contributed by atoms with Crippen molar-refractivity contribution in [2.75, 3.05) is 18.4 Å². The number of ether oxygens (including phenoxy) is 1. The highest BCUT2D eigenvalue weighted by atomic mass is 32.1. The number of fused-ring (bicyclic) bond motifs is 1. The number of benzene rings is 1. The molecule has 6 nitrogen and oxygen atoms in total. The van der Waals surface area contributed by atoms with Crippen molar-refractivity contribution >= 4 is 33.3 Å². The van der Waals surface area contributed by atoms with E-state index >= 15 is 0 Å². The summed E-state index contributed by atoms with van der Waals surface area (Å²) in [5, 5.41) is 5.67. The largest absolute Gasteiger partial charge is 0.373 e. The first-order chi connectivity index (χ1) is 13.0. The summed E-state index contributed by atoms with van der Waals surface area (Å²) >= 11 is 1.38. The fourth-order valence-electron chi connectivity index (χ4n) is 3.48. The molecule has 1 saturated heterocycles. The molecule has 1 aliphatic heterocycles. The smallest absolute Gasteiger partial charge is 0.273 e. The lowest BCUT2D eigenvalue weighted by Crippen LogP contribution is -2.44. The number of hydrogen-bond donors (Lipinski definition) is 2. The number of nitrogens with one attached hydrogen (secondary N) is 2. The highest BCUT2D eigenvalue weighted by Gasteiger charge is 2.23. The third-order valence-electron chi connectivity index (χ3n) is 4.51. The van der Waals surface area contributed by atoms with Crippen LogP contribution in [0, 0.1) is 5.82 Å². The number of rotatable bonds is 4. The Hall–Kier alpha value is -2.29. The first kappa shape index (κ1) is 18.1. The zero-order chi connectivity index (χ0) is 19.0. The zero-order valence-electron chi connectivity index (χ0n) is 15.2. The van der Waals surface area contributed by atoms with E-state index in [0.717, 1.165) is 25.3 Å². The van der Waals surface area contributed by atoms with Crippen LogP contribution < -0.4 is 5.32 Å². The van der Waals surface area contributed by atoms with Gasteiger partial charge in [-0.2, -0.15) is 0 Å². The van der Waals surface area contributed by atoms with Gasteiger partial charge in [-0.05, 0) is 32.0 Å². The van der Waals surface area contributed by atoms with Crippen LogP contribution in [0.15, 0.2) is 29.6 Å². The first-order valence-electron chi connectivity index (χ1n) is 8.89. The van der Waals surface area contributed by atoms with Crippen LogP contribution in [0.3, 0.4) is 0 Å². The molecule has 2 atom stereocenters. The molecule has 3 aromatic rings. The summed E-state index contributed by atoms with van der Waals surface area (Å²) in [7, 11) is 0. The quantitative estimate of drug-likeness (QED) is 0.716. The van der Waals surface area contributed by atoms with E-state index in [-0.39, 0.29) is 23.9 Å². The maximum atomic E-state index is 13.8. The summed E-state index contributed by atoms with van der Waals surface area (Å²) in [6, 6.07) is 6.24. The Bertz CT molecular complexity index is 960. The number of halogens is 1. The van der Waals surface area contributed by atoms with Crippen LogP contribution >= 0.6 is 11.3 Å². The predicted octanol–water partition coefficient (Wildman–Crippen LogP) is 3.63. The van der Waals surface area contributed by atoms with E-state index in [2.05, 4.69) is 34.0 Å². The minimum atomic E-state index is -0.353. The van der Waals surface area contributed by atoms with Crippen molar-refractivity contribution in [2.45, 2.75) is 32.6 Å². The number of H-pyrrole nitrogens is 1. The molecule has 0 bridgehead atoms. The molecule has 2 N–H and O–H groups in total. The van der Waals surface area contributed by atoms with Gasteiger partial charge in [-0.15, -0.1) is 11.3 Å². The molecule has 2 aromatic heterocycles. The highest BCUT2D eigenvalue weighted by molar-refractivity contribution is 7.13. The summed E-state index contributed by atoms with van der Waals surface area (Å²) < 4.78 is 19.5. The number of morpholine rings is 1. The molecule has 27 heavy (non-hydrogen) atoms. The van der Waals surface area contributed by atoms with Gasteiger partial charge >= 0.3 is 0 Å². The molecule has 4 rings (SSSR count). The molecule has 8 heteroatoms. The van der Waals surface area contributed by atoms with Gasteiger partial charge in [0.15, 0.2) is 5.13 Å². The number of nitrogens with zero attached hydrogens (tertiary/aromatic N) is 2. The standard InChI is InChI=1S/C19H21FN4O2S/c1-11-7-24(8-12(2)26-11)9-13-10-27-19(21-13)23-18(25)17-6-14-15(20)4-3-5-16(14)22-17/h3-6,10-12,22H,7-9H2,1-2H3,(H,21,23,25). The van der Waals surface area contributed by atoms with Crippen LogP contribution in [-0.2, 0) is 11.3 Å². The molecule has 1 aromatic carbocycles. The van der Waals surface area contributed by atoms with Crippen molar-refractivity contribution in [3.8, 4) is 0 Å². The number of carbonyl (C=O) groups excluding carboxylic acids is 1. The Labute approximate surface area is 160 Å². The third-order valence-corrected chi connectivity index (χ3v) is 5.32. The van der Waals surface area contributed by atoms with Gasteiger partial charge in [-0.25, -0.2) is 9.37 Å². The summed E-state index contributed by atoms with van der Waals surface area (Å²) in [5.74, 6) is -0.687. The lowest BCUT2D eigenvalue weighted by Gasteiger charge is -2.34. The molecule has 1 amide bonds. The van der Waals surface area contributed by atoms with Crippen molar-refractivity contribution in [2.24, 2.45) is 0 Å². The molecule has 1 aliphatic rings. The molecule has 0 saturated carbocycles. The summed E-state index contributed by atoms with van der Waals surface area (Å²) in [6.07, 6.45) is 0.405. The van der Waals surface area contributed by atoms with Crippen LogP contribution in [-0.4, -0.2) is 46.1 Å². The van der Waals surface area contributed by atoms with E-state index in [9.17, 15) is 9.18 Å². The molecular weight excluding hydrogens is 367 g/mol. The molecular formula is C19H21FN4O2S. The van der Waals surface area contributed by atoms with Crippen LogP contribution in [0.25, 0.3) is 10.9 Å². The third kappa shape index (κ3) is 4.02. The average Bonchev–Trinajstić information content (AvgIpc) is 3.21. The topological polar surface area (TPSA) is 70.2 Å². The number of hydrogen-bond acceptors (Lipinski definition) is 5. The molecule has 0 spiro atoms. The van der Waals surface area contributed by atoms with Crippen molar-refractivity contribution < 1.29 is 13.9 Å². The van der Waals surface area contributed by atoms with Crippen molar-refractivity contribution in [1.82, 2.24) is 14.9 Å². The lowest BCUT2D eigenvalue weighted by molar-refractivity contribution is -0.0707. The van der Waals surface area contributed by atoms with Crippen LogP contribution in [0.4, 0.5) is 9.52 Å². The average molecular weight is 388 g/mol. The number of anilines is 1. The minimum Gasteiger partial charge on any atom is -0.373 e. The molecule has 0 radical (unpaired) electrons. The molecule has 1 fully saturated rings. The van der Waals surface area contributed by atoms with Gasteiger partial charge in [0.2, 0.25) is 0 Å². The number of amides is 1. The van der Waals surface area contributed by atoms with Gasteiger partial charge in [0.25, 0.3) is 5.91 Å². The Morgan fingerprint density at radius 2 is 2.19 bits per heavy atom. The van der Waals surface area contributed by atoms with Gasteiger partial charge in [0, 0.05) is 35.9 Å². The minimum absolute atomic E-state index is 0.203. The maximum Gasteiger partial charge on any atom is 0.273 e. The van der Waals surface area contributed by atoms with E-state index < -0.39 is 0 Å². The normalized spacial score (nSPS) is 20.9. The molecule has 3 heterocycles. The van der Waals surface area contributed by atoms with Gasteiger partial charge < -0.3 is 9.72 Å². The number of carbonyl (C=O) groups is 1. The fourth-order valence-corrected chi connectivity index (χ4v) is 4.18. The number of thiazole rings is 1. The van der Waals surface area contributed by atoms with E-state index in [1.807, 2.05) is 5.38 Å². The van der Waals surface area contributed by atoms with Gasteiger partial charge in [0.1, 0.15) is 11.5 Å². The van der Waals surface area contributed by atoms with E-state index in [1.165, 1.54) is 23.5 Å². The second-order valence-corrected chi connectivity index (χ2v) is 7.79. The molecule has 142 valence electrons. The van der Waals surface area contributed by atoms with Crippen LogP contribution in [0.1, 0.15) is 30.0 Å². The SMILES string of the molecule is CC1CN(Cc2csc(NC(=O)c3cc4c(F)cccc4[nH]3)n2)CC(C)O1. The monoisotopic (exact) mass is 388 g/mol. The predicted molar refractivity (Wildman–Crippen MR) is 104 cm³/mol. The Balaban J connectivity index is 1.42. The molecule has 0 aliphatic carbocycles. The van der Waals surface area contributed by atoms with Gasteiger partial charge in [0.05, 0.1) is 17.9 Å². The zero-order valence-corrected chi connectivity index (χ0v) is 16.0. The van der Waals surface area contributed by atoms with Gasteiger partial charge in [-0.3, -0.25) is 15.0 Å². The highest BCUT2D eigenvalue weighted by Crippen LogP contribution is 2.22. The Morgan fingerprint density at radius 3 is 2.93 bits per heavy atom. The summed E-state index contributed by atoms with van der Waals surface area (Å²) in [5.41, 5.74) is 1.82.